The van der Waals surface area contributed by atoms with Gasteiger partial charge in [-0.05, 0) is 24.0 Å². The lowest BCUT2D eigenvalue weighted by Gasteiger charge is -2.17. The van der Waals surface area contributed by atoms with Gasteiger partial charge in [0.05, 0.1) is 6.10 Å². The highest BCUT2D eigenvalue weighted by Crippen LogP contribution is 2.28. The van der Waals surface area contributed by atoms with Crippen molar-refractivity contribution < 1.29 is 14.6 Å². The van der Waals surface area contributed by atoms with Crippen LogP contribution in [0.5, 0.6) is 5.75 Å². The van der Waals surface area contributed by atoms with E-state index in [9.17, 15) is 9.90 Å². The minimum atomic E-state index is -0.382. The van der Waals surface area contributed by atoms with E-state index in [-0.39, 0.29) is 36.9 Å². The van der Waals surface area contributed by atoms with Crippen molar-refractivity contribution in [1.82, 2.24) is 10.6 Å². The van der Waals surface area contributed by atoms with Gasteiger partial charge in [0.15, 0.2) is 6.61 Å². The van der Waals surface area contributed by atoms with Crippen molar-refractivity contribution in [1.29, 1.82) is 0 Å². The molecular formula is C17H27ClN2O3. The van der Waals surface area contributed by atoms with Gasteiger partial charge in [0, 0.05) is 25.6 Å². The maximum Gasteiger partial charge on any atom is 0.257 e. The van der Waals surface area contributed by atoms with Gasteiger partial charge < -0.3 is 20.5 Å². The van der Waals surface area contributed by atoms with E-state index in [0.29, 0.717) is 19.0 Å². The third-order valence-corrected chi connectivity index (χ3v) is 4.29. The van der Waals surface area contributed by atoms with E-state index in [4.69, 9.17) is 4.74 Å². The van der Waals surface area contributed by atoms with Gasteiger partial charge in [-0.3, -0.25) is 4.79 Å². The predicted octanol–water partition coefficient (Wildman–Crippen LogP) is 1.70. The highest BCUT2D eigenvalue weighted by atomic mass is 35.5. The minimum Gasteiger partial charge on any atom is -0.483 e. The number of β-amino-alcohol motifs (C(OH)–C–C–N with tert-alkyl or cyclic N) is 1. The molecule has 130 valence electrons. The molecule has 1 aliphatic heterocycles. The molecule has 0 spiro atoms. The van der Waals surface area contributed by atoms with Crippen molar-refractivity contribution in [2.45, 2.75) is 32.3 Å². The Bertz CT molecular complexity index is 498. The number of benzene rings is 1. The Morgan fingerprint density at radius 3 is 2.83 bits per heavy atom. The molecule has 6 heteroatoms. The van der Waals surface area contributed by atoms with Crippen LogP contribution in [0.3, 0.4) is 0 Å². The number of amides is 1. The smallest absolute Gasteiger partial charge is 0.257 e. The molecular weight excluding hydrogens is 316 g/mol. The van der Waals surface area contributed by atoms with Crippen molar-refractivity contribution in [3.8, 4) is 5.75 Å². The zero-order valence-electron chi connectivity index (χ0n) is 13.7. The summed E-state index contributed by atoms with van der Waals surface area (Å²) in [6, 6.07) is 7.85. The minimum absolute atomic E-state index is 0. The summed E-state index contributed by atoms with van der Waals surface area (Å²) < 4.78 is 5.67. The predicted molar refractivity (Wildman–Crippen MR) is 93.3 cm³/mol. The Morgan fingerprint density at radius 1 is 1.43 bits per heavy atom. The van der Waals surface area contributed by atoms with Crippen LogP contribution in [-0.4, -0.2) is 43.4 Å². The van der Waals surface area contributed by atoms with Gasteiger partial charge in [0.2, 0.25) is 0 Å². The summed E-state index contributed by atoms with van der Waals surface area (Å²) in [5.41, 5.74) is 1.13. The molecule has 3 N–H and O–H groups in total. The Hall–Kier alpha value is -1.30. The molecule has 0 bridgehead atoms. The number of hydrogen-bond donors (Lipinski definition) is 3. The maximum atomic E-state index is 11.9. The second kappa shape index (κ2) is 9.75. The highest BCUT2D eigenvalue weighted by molar-refractivity contribution is 5.85. The molecule has 1 aliphatic rings. The lowest BCUT2D eigenvalue weighted by atomic mass is 9.98. The first-order valence-corrected chi connectivity index (χ1v) is 7.99. The summed E-state index contributed by atoms with van der Waals surface area (Å²) in [6.45, 7) is 6.09. The molecule has 0 radical (unpaired) electrons. The van der Waals surface area contributed by atoms with Gasteiger partial charge in [0.1, 0.15) is 5.75 Å². The fourth-order valence-corrected chi connectivity index (χ4v) is 2.61. The van der Waals surface area contributed by atoms with Crippen LogP contribution in [0.25, 0.3) is 0 Å². The first kappa shape index (κ1) is 19.7. The number of aliphatic hydroxyl groups is 1. The first-order chi connectivity index (χ1) is 10.6. The number of aliphatic hydroxyl groups excluding tert-OH is 1. The second-order valence-electron chi connectivity index (χ2n) is 5.93. The SMILES string of the molecule is CCC(C)c1ccccc1OCC(=O)NCC1CNCC1O.Cl. The normalized spacial score (nSPS) is 21.3. The van der Waals surface area contributed by atoms with Crippen LogP contribution in [0, 0.1) is 5.92 Å². The lowest BCUT2D eigenvalue weighted by molar-refractivity contribution is -0.123. The fraction of sp³-hybridized carbons (Fsp3) is 0.588. The van der Waals surface area contributed by atoms with Crippen molar-refractivity contribution in [3.63, 3.8) is 0 Å². The number of ether oxygens (including phenoxy) is 1. The summed E-state index contributed by atoms with van der Waals surface area (Å²) in [4.78, 5) is 11.9. The van der Waals surface area contributed by atoms with Crippen molar-refractivity contribution in [3.05, 3.63) is 29.8 Å². The number of carbonyl (C=O) groups excluding carboxylic acids is 1. The summed E-state index contributed by atoms with van der Waals surface area (Å²) in [5, 5.41) is 15.6. The Kier molecular flexibility index (Phi) is 8.37. The third kappa shape index (κ3) is 5.68. The van der Waals surface area contributed by atoms with E-state index in [1.54, 1.807) is 0 Å². The Morgan fingerprint density at radius 2 is 2.17 bits per heavy atom. The molecule has 1 aromatic rings. The van der Waals surface area contributed by atoms with Crippen LogP contribution >= 0.6 is 12.4 Å². The molecule has 1 aromatic carbocycles. The number of nitrogens with one attached hydrogen (secondary N) is 2. The molecule has 1 amide bonds. The van der Waals surface area contributed by atoms with Crippen LogP contribution < -0.4 is 15.4 Å². The van der Waals surface area contributed by atoms with Gasteiger partial charge in [-0.15, -0.1) is 12.4 Å². The maximum absolute atomic E-state index is 11.9. The average Bonchev–Trinajstić information content (AvgIpc) is 2.95. The molecule has 3 unspecified atom stereocenters. The number of carbonyl (C=O) groups is 1. The Labute approximate surface area is 144 Å². The van der Waals surface area contributed by atoms with Gasteiger partial charge in [-0.25, -0.2) is 0 Å². The van der Waals surface area contributed by atoms with E-state index >= 15 is 0 Å². The van der Waals surface area contributed by atoms with Gasteiger partial charge in [0.25, 0.3) is 5.91 Å². The van der Waals surface area contributed by atoms with E-state index in [1.807, 2.05) is 24.3 Å². The molecule has 5 nitrogen and oxygen atoms in total. The molecule has 0 aromatic heterocycles. The molecule has 1 heterocycles. The molecule has 0 aliphatic carbocycles. The largest absolute Gasteiger partial charge is 0.483 e. The van der Waals surface area contributed by atoms with Crippen LogP contribution in [0.1, 0.15) is 31.7 Å². The van der Waals surface area contributed by atoms with Gasteiger partial charge in [-0.1, -0.05) is 32.0 Å². The van der Waals surface area contributed by atoms with Gasteiger partial charge >= 0.3 is 0 Å². The number of halogens is 1. The molecule has 1 saturated heterocycles. The van der Waals surface area contributed by atoms with E-state index in [0.717, 1.165) is 24.3 Å². The van der Waals surface area contributed by atoms with Crippen molar-refractivity contribution in [2.24, 2.45) is 5.92 Å². The highest BCUT2D eigenvalue weighted by Gasteiger charge is 2.25. The van der Waals surface area contributed by atoms with Crippen LogP contribution in [0.4, 0.5) is 0 Å². The zero-order chi connectivity index (χ0) is 15.9. The quantitative estimate of drug-likeness (QED) is 0.705. The van der Waals surface area contributed by atoms with E-state index in [1.165, 1.54) is 0 Å². The topological polar surface area (TPSA) is 70.6 Å². The van der Waals surface area contributed by atoms with E-state index in [2.05, 4.69) is 24.5 Å². The van der Waals surface area contributed by atoms with Gasteiger partial charge in [-0.2, -0.15) is 0 Å². The number of rotatable bonds is 7. The fourth-order valence-electron chi connectivity index (χ4n) is 2.61. The number of hydrogen-bond acceptors (Lipinski definition) is 4. The van der Waals surface area contributed by atoms with Crippen LogP contribution in [-0.2, 0) is 4.79 Å². The summed E-state index contributed by atoms with van der Waals surface area (Å²) >= 11 is 0. The van der Waals surface area contributed by atoms with Crippen LogP contribution in [0.15, 0.2) is 24.3 Å². The summed E-state index contributed by atoms with van der Waals surface area (Å²) in [5.74, 6) is 1.10. The first-order valence-electron chi connectivity index (χ1n) is 7.99. The summed E-state index contributed by atoms with van der Waals surface area (Å²) in [7, 11) is 0. The van der Waals surface area contributed by atoms with E-state index < -0.39 is 0 Å². The molecule has 0 saturated carbocycles. The molecule has 1 fully saturated rings. The van der Waals surface area contributed by atoms with Crippen molar-refractivity contribution in [2.75, 3.05) is 26.2 Å². The second-order valence-corrected chi connectivity index (χ2v) is 5.93. The number of para-hydroxylation sites is 1. The third-order valence-electron chi connectivity index (χ3n) is 4.29. The monoisotopic (exact) mass is 342 g/mol. The van der Waals surface area contributed by atoms with Crippen molar-refractivity contribution >= 4 is 18.3 Å². The standard InChI is InChI=1S/C17H26N2O3.ClH/c1-3-12(2)14-6-4-5-7-16(14)22-11-17(21)19-9-13-8-18-10-15(13)20;/h4-7,12-13,15,18,20H,3,8-11H2,1-2H3,(H,19,21);1H. The van der Waals surface area contributed by atoms with Crippen LogP contribution in [0.2, 0.25) is 0 Å². The molecule has 23 heavy (non-hydrogen) atoms. The zero-order valence-corrected chi connectivity index (χ0v) is 14.6. The lowest BCUT2D eigenvalue weighted by Crippen LogP contribution is -2.36. The molecule has 2 rings (SSSR count). The Balaban J connectivity index is 0.00000264. The molecule has 3 atom stereocenters. The average molecular weight is 343 g/mol. The summed E-state index contributed by atoms with van der Waals surface area (Å²) in [6.07, 6.45) is 0.645.